The normalized spacial score (nSPS) is 29.1. The summed E-state index contributed by atoms with van der Waals surface area (Å²) in [5, 5.41) is 7.30. The molecule has 2 heterocycles. The molecule has 1 saturated heterocycles. The number of ether oxygens (including phenoxy) is 1. The van der Waals surface area contributed by atoms with Gasteiger partial charge in [0.25, 0.3) is 0 Å². The molecule has 2 unspecified atom stereocenters. The van der Waals surface area contributed by atoms with Crippen molar-refractivity contribution in [1.29, 1.82) is 0 Å². The van der Waals surface area contributed by atoms with E-state index in [2.05, 4.69) is 28.6 Å². The molecule has 17 heavy (non-hydrogen) atoms. The van der Waals surface area contributed by atoms with Gasteiger partial charge in [-0.05, 0) is 37.4 Å². The Morgan fingerprint density at radius 2 is 2.18 bits per heavy atom. The van der Waals surface area contributed by atoms with Crippen molar-refractivity contribution in [1.82, 2.24) is 14.8 Å². The van der Waals surface area contributed by atoms with Crippen LogP contribution in [0.3, 0.4) is 0 Å². The predicted octanol–water partition coefficient (Wildman–Crippen LogP) is 2.80. The first-order chi connectivity index (χ1) is 8.18. The minimum Gasteiger partial charge on any atom is -0.376 e. The monoisotopic (exact) mass is 253 g/mol. The minimum atomic E-state index is 0.358. The fourth-order valence-electron chi connectivity index (χ4n) is 2.80. The molecular formula is C12H19N3OS. The van der Waals surface area contributed by atoms with Gasteiger partial charge in [-0.1, -0.05) is 13.8 Å². The summed E-state index contributed by atoms with van der Waals surface area (Å²) >= 11 is 5.38. The smallest absolute Gasteiger partial charge is 0.195 e. The van der Waals surface area contributed by atoms with Gasteiger partial charge in [0, 0.05) is 12.5 Å². The van der Waals surface area contributed by atoms with Gasteiger partial charge in [-0.2, -0.15) is 5.10 Å². The van der Waals surface area contributed by atoms with Crippen molar-refractivity contribution in [2.45, 2.75) is 51.2 Å². The third-order valence-electron chi connectivity index (χ3n) is 3.77. The van der Waals surface area contributed by atoms with Crippen LogP contribution < -0.4 is 0 Å². The van der Waals surface area contributed by atoms with Gasteiger partial charge in [-0.15, -0.1) is 0 Å². The Labute approximate surface area is 106 Å². The van der Waals surface area contributed by atoms with Crippen LogP contribution in [0, 0.1) is 10.7 Å². The van der Waals surface area contributed by atoms with E-state index in [1.54, 1.807) is 0 Å². The van der Waals surface area contributed by atoms with E-state index in [-0.39, 0.29) is 0 Å². The molecule has 0 aromatic carbocycles. The van der Waals surface area contributed by atoms with Gasteiger partial charge in [0.05, 0.1) is 12.1 Å². The van der Waals surface area contributed by atoms with E-state index >= 15 is 0 Å². The maximum absolute atomic E-state index is 5.89. The fraction of sp³-hybridized carbons (Fsp3) is 0.833. The molecule has 2 fully saturated rings. The zero-order valence-corrected chi connectivity index (χ0v) is 11.2. The van der Waals surface area contributed by atoms with Gasteiger partial charge in [-0.25, -0.2) is 0 Å². The van der Waals surface area contributed by atoms with E-state index in [9.17, 15) is 0 Å². The molecule has 0 spiro atoms. The molecule has 1 N–H and O–H groups in total. The standard InChI is InChI=1S/C12H19N3OS/c1-7(2)11-13-14-12(17)15(11)9-5-6-16-10(9)8-3-4-8/h7-10H,3-6H2,1-2H3,(H,14,17). The molecule has 1 aliphatic carbocycles. The molecule has 2 atom stereocenters. The van der Waals surface area contributed by atoms with Crippen molar-refractivity contribution in [2.24, 2.45) is 5.92 Å². The van der Waals surface area contributed by atoms with E-state index in [0.717, 1.165) is 29.5 Å². The molecule has 0 amide bonds. The molecule has 2 aliphatic rings. The first-order valence-electron chi connectivity index (χ1n) is 6.47. The van der Waals surface area contributed by atoms with Crippen LogP contribution in [-0.4, -0.2) is 27.5 Å². The molecule has 1 aromatic rings. The van der Waals surface area contributed by atoms with Gasteiger partial charge in [-0.3, -0.25) is 9.67 Å². The van der Waals surface area contributed by atoms with Crippen molar-refractivity contribution in [3.63, 3.8) is 0 Å². The van der Waals surface area contributed by atoms with Crippen molar-refractivity contribution in [3.8, 4) is 0 Å². The topological polar surface area (TPSA) is 42.8 Å². The summed E-state index contributed by atoms with van der Waals surface area (Å²) in [6, 6.07) is 0.395. The van der Waals surface area contributed by atoms with E-state index in [1.165, 1.54) is 12.8 Å². The van der Waals surface area contributed by atoms with Gasteiger partial charge >= 0.3 is 0 Å². The molecule has 0 radical (unpaired) electrons. The summed E-state index contributed by atoms with van der Waals surface area (Å²) in [6.45, 7) is 5.17. The molecule has 94 valence electrons. The number of aromatic amines is 1. The Balaban J connectivity index is 1.97. The second kappa shape index (κ2) is 4.21. The third kappa shape index (κ3) is 1.95. The first-order valence-corrected chi connectivity index (χ1v) is 6.87. The number of nitrogens with zero attached hydrogens (tertiary/aromatic N) is 2. The van der Waals surface area contributed by atoms with Crippen molar-refractivity contribution in [3.05, 3.63) is 10.6 Å². The Kier molecular flexibility index (Phi) is 2.83. The number of hydrogen-bond acceptors (Lipinski definition) is 3. The average Bonchev–Trinajstić information content (AvgIpc) is 2.88. The van der Waals surface area contributed by atoms with Crippen LogP contribution in [0.25, 0.3) is 0 Å². The maximum atomic E-state index is 5.89. The molecule has 4 nitrogen and oxygen atoms in total. The Bertz CT molecular complexity index is 461. The second-order valence-electron chi connectivity index (χ2n) is 5.44. The Morgan fingerprint density at radius 3 is 2.82 bits per heavy atom. The second-order valence-corrected chi connectivity index (χ2v) is 5.83. The van der Waals surface area contributed by atoms with Crippen molar-refractivity contribution >= 4 is 12.2 Å². The van der Waals surface area contributed by atoms with Crippen molar-refractivity contribution < 1.29 is 4.74 Å². The molecule has 1 aliphatic heterocycles. The van der Waals surface area contributed by atoms with Crippen LogP contribution in [0.2, 0.25) is 0 Å². The summed E-state index contributed by atoms with van der Waals surface area (Å²) in [7, 11) is 0. The van der Waals surface area contributed by atoms with Crippen LogP contribution in [-0.2, 0) is 4.74 Å². The van der Waals surface area contributed by atoms with E-state index in [0.29, 0.717) is 18.1 Å². The van der Waals surface area contributed by atoms with Crippen LogP contribution in [0.15, 0.2) is 0 Å². The highest BCUT2D eigenvalue weighted by atomic mass is 32.1. The lowest BCUT2D eigenvalue weighted by atomic mass is 10.1. The van der Waals surface area contributed by atoms with Gasteiger partial charge in [0.1, 0.15) is 5.82 Å². The van der Waals surface area contributed by atoms with Gasteiger partial charge in [0.2, 0.25) is 0 Å². The van der Waals surface area contributed by atoms with Gasteiger partial charge in [0.15, 0.2) is 4.77 Å². The maximum Gasteiger partial charge on any atom is 0.195 e. The number of aromatic nitrogens is 3. The highest BCUT2D eigenvalue weighted by Gasteiger charge is 2.42. The number of nitrogens with one attached hydrogen (secondary N) is 1. The lowest BCUT2D eigenvalue weighted by molar-refractivity contribution is 0.0740. The van der Waals surface area contributed by atoms with Crippen LogP contribution in [0.4, 0.5) is 0 Å². The van der Waals surface area contributed by atoms with Crippen LogP contribution in [0.1, 0.15) is 50.9 Å². The summed E-state index contributed by atoms with van der Waals surface area (Å²) in [6.07, 6.45) is 4.04. The van der Waals surface area contributed by atoms with Gasteiger partial charge < -0.3 is 4.74 Å². The van der Waals surface area contributed by atoms with E-state index in [1.807, 2.05) is 0 Å². The highest BCUT2D eigenvalue weighted by molar-refractivity contribution is 7.71. The SMILES string of the molecule is CC(C)c1n[nH]c(=S)n1C1CCOC1C1CC1. The average molecular weight is 253 g/mol. The highest BCUT2D eigenvalue weighted by Crippen LogP contribution is 2.44. The number of rotatable bonds is 3. The first kappa shape index (κ1) is 11.4. The molecule has 0 bridgehead atoms. The van der Waals surface area contributed by atoms with E-state index in [4.69, 9.17) is 17.0 Å². The third-order valence-corrected chi connectivity index (χ3v) is 4.06. The summed E-state index contributed by atoms with van der Waals surface area (Å²) < 4.78 is 8.84. The number of H-pyrrole nitrogens is 1. The molecule has 1 saturated carbocycles. The lowest BCUT2D eigenvalue weighted by Gasteiger charge is -2.21. The zero-order valence-electron chi connectivity index (χ0n) is 10.3. The lowest BCUT2D eigenvalue weighted by Crippen LogP contribution is -2.24. The van der Waals surface area contributed by atoms with Crippen LogP contribution >= 0.6 is 12.2 Å². The van der Waals surface area contributed by atoms with Crippen molar-refractivity contribution in [2.75, 3.05) is 6.61 Å². The summed E-state index contributed by atoms with van der Waals surface area (Å²) in [4.78, 5) is 0. The Hall–Kier alpha value is -0.680. The summed E-state index contributed by atoms with van der Waals surface area (Å²) in [5.74, 6) is 2.21. The zero-order chi connectivity index (χ0) is 12.0. The minimum absolute atomic E-state index is 0.358. The molecule has 1 aromatic heterocycles. The fourth-order valence-corrected chi connectivity index (χ4v) is 3.07. The molecule has 3 rings (SSSR count). The predicted molar refractivity (Wildman–Crippen MR) is 67.6 cm³/mol. The quantitative estimate of drug-likeness (QED) is 0.842. The molecular weight excluding hydrogens is 234 g/mol. The van der Waals surface area contributed by atoms with Crippen LogP contribution in [0.5, 0.6) is 0 Å². The molecule has 5 heteroatoms. The summed E-state index contributed by atoms with van der Waals surface area (Å²) in [5.41, 5.74) is 0. The number of hydrogen-bond donors (Lipinski definition) is 1. The largest absolute Gasteiger partial charge is 0.376 e. The Morgan fingerprint density at radius 1 is 1.41 bits per heavy atom. The van der Waals surface area contributed by atoms with E-state index < -0.39 is 0 Å².